The summed E-state index contributed by atoms with van der Waals surface area (Å²) in [5, 5.41) is 0.330. The summed E-state index contributed by atoms with van der Waals surface area (Å²) in [5.41, 5.74) is 0. The fourth-order valence-electron chi connectivity index (χ4n) is 0.986. The van der Waals surface area contributed by atoms with Crippen molar-refractivity contribution in [2.24, 2.45) is 4.74 Å². The largest absolute Gasteiger partial charge is 0.575 e. The van der Waals surface area contributed by atoms with E-state index in [2.05, 4.69) is 9.48 Å². The summed E-state index contributed by atoms with van der Waals surface area (Å²) in [6.07, 6.45) is 0. The molecule has 0 spiro atoms. The van der Waals surface area contributed by atoms with E-state index in [0.29, 0.717) is 5.02 Å². The van der Waals surface area contributed by atoms with E-state index < -0.39 is 20.2 Å². The summed E-state index contributed by atoms with van der Waals surface area (Å²) in [5.74, 6) is -0.313. The fraction of sp³-hybridized carbons (Fsp3) is 0.300. The van der Waals surface area contributed by atoms with Crippen LogP contribution in [-0.4, -0.2) is 19.1 Å². The maximum Gasteiger partial charge on any atom is 0.395 e. The Bertz CT molecular complexity index is 438. The second-order valence-corrected chi connectivity index (χ2v) is 4.37. The smallest absolute Gasteiger partial charge is 0.395 e. The average Bonchev–Trinajstić information content (AvgIpc) is 2.31. The quantitative estimate of drug-likeness (QED) is 0.623. The monoisotopic (exact) mass is 275 g/mol. The molecule has 0 aliphatic rings. The van der Waals surface area contributed by atoms with Crippen LogP contribution >= 0.6 is 19.8 Å². The van der Waals surface area contributed by atoms with E-state index in [9.17, 15) is 9.69 Å². The predicted molar refractivity (Wildman–Crippen MR) is 62.9 cm³/mol. The first kappa shape index (κ1) is 13.9. The summed E-state index contributed by atoms with van der Waals surface area (Å²) in [4.78, 5) is 22.5. The molecule has 0 amide bonds. The molecule has 5 nitrogen and oxygen atoms in total. The van der Waals surface area contributed by atoms with Crippen molar-refractivity contribution < 1.29 is 18.9 Å². The second kappa shape index (κ2) is 6.55. The Labute approximate surface area is 105 Å². The fourth-order valence-corrected chi connectivity index (χ4v) is 1.97. The van der Waals surface area contributed by atoms with Crippen LogP contribution in [0.15, 0.2) is 29.0 Å². The van der Waals surface area contributed by atoms with Crippen molar-refractivity contribution >= 4 is 25.7 Å². The molecule has 0 fully saturated rings. The Balaban J connectivity index is 2.72. The highest BCUT2D eigenvalue weighted by atomic mass is 35.5. The van der Waals surface area contributed by atoms with Gasteiger partial charge in [0, 0.05) is 0 Å². The normalized spacial score (nSPS) is 13.1. The lowest BCUT2D eigenvalue weighted by Gasteiger charge is -2.02. The van der Waals surface area contributed by atoms with Crippen molar-refractivity contribution in [1.82, 2.24) is 0 Å². The number of hydrogen-bond acceptors (Lipinski definition) is 5. The molecule has 0 N–H and O–H groups in total. The molecule has 0 bridgehead atoms. The van der Waals surface area contributed by atoms with Crippen LogP contribution in [0.25, 0.3) is 0 Å². The van der Waals surface area contributed by atoms with E-state index in [1.807, 2.05) is 0 Å². The van der Waals surface area contributed by atoms with Gasteiger partial charge in [-0.25, -0.2) is 4.79 Å². The van der Waals surface area contributed by atoms with E-state index in [1.165, 1.54) is 14.0 Å². The van der Waals surface area contributed by atoms with Crippen molar-refractivity contribution in [1.29, 1.82) is 0 Å². The minimum Gasteiger partial charge on any atom is -0.575 e. The number of halogens is 1. The van der Waals surface area contributed by atoms with Gasteiger partial charge in [-0.2, -0.15) is 0 Å². The summed E-state index contributed by atoms with van der Waals surface area (Å²) >= 11 is 5.81. The van der Waals surface area contributed by atoms with Gasteiger partial charge in [0.15, 0.2) is 6.04 Å². The minimum atomic E-state index is -2.36. The van der Waals surface area contributed by atoms with E-state index in [1.54, 1.807) is 24.3 Å². The Morgan fingerprint density at radius 2 is 2.18 bits per heavy atom. The number of rotatable bonds is 4. The van der Waals surface area contributed by atoms with Gasteiger partial charge < -0.3 is 9.63 Å². The number of ether oxygens (including phenoxy) is 1. The first-order chi connectivity index (χ1) is 8.04. The van der Waals surface area contributed by atoms with Crippen molar-refractivity contribution in [3.8, 4) is 5.75 Å². The van der Waals surface area contributed by atoms with Crippen molar-refractivity contribution in [2.75, 3.05) is 7.11 Å². The van der Waals surface area contributed by atoms with Crippen LogP contribution in [-0.2, 0) is 9.53 Å². The van der Waals surface area contributed by atoms with Gasteiger partial charge >= 0.3 is 14.1 Å². The molecule has 0 aliphatic carbocycles. The number of carbonyl (C=O) groups is 1. The molecular formula is C10H11ClNO4P. The predicted octanol–water partition coefficient (Wildman–Crippen LogP) is 2.14. The minimum absolute atomic E-state index is 0.260. The molecule has 1 rings (SSSR count). The number of carbonyl (C=O) groups excluding carboxylic acids is 1. The number of nitrogens with zero attached hydrogens (tertiary/aromatic N) is 1. The number of hydrogen-bond donors (Lipinski definition) is 0. The molecule has 0 radical (unpaired) electrons. The molecule has 0 aliphatic heterocycles. The van der Waals surface area contributed by atoms with Gasteiger partial charge in [0.1, 0.15) is 0 Å². The van der Waals surface area contributed by atoms with E-state index in [0.717, 1.165) is 0 Å². The third-order valence-corrected chi connectivity index (χ3v) is 3.02. The molecule has 0 saturated carbocycles. The highest BCUT2D eigenvalue weighted by molar-refractivity contribution is 7.34. The Morgan fingerprint density at radius 1 is 1.53 bits per heavy atom. The summed E-state index contributed by atoms with van der Waals surface area (Å²) in [6.45, 7) is 1.47. The maximum absolute atomic E-state index is 11.5. The topological polar surface area (TPSA) is 71.0 Å². The SMILES string of the molecule is COC(=O)C(C)N=[P+]([O-])Oc1ccccc1Cl. The molecule has 1 aromatic carbocycles. The average molecular weight is 276 g/mol. The lowest BCUT2D eigenvalue weighted by Crippen LogP contribution is -2.16. The van der Waals surface area contributed by atoms with E-state index >= 15 is 0 Å². The zero-order valence-corrected chi connectivity index (χ0v) is 10.9. The lowest BCUT2D eigenvalue weighted by atomic mass is 10.3. The zero-order chi connectivity index (χ0) is 12.8. The van der Waals surface area contributed by atoms with E-state index in [4.69, 9.17) is 16.1 Å². The summed E-state index contributed by atoms with van der Waals surface area (Å²) in [6, 6.07) is 5.73. The summed E-state index contributed by atoms with van der Waals surface area (Å²) in [7, 11) is -1.13. The molecule has 2 atom stereocenters. The Morgan fingerprint density at radius 3 is 2.76 bits per heavy atom. The van der Waals surface area contributed by atoms with Crippen LogP contribution in [0.1, 0.15) is 6.92 Å². The first-order valence-electron chi connectivity index (χ1n) is 4.73. The maximum atomic E-state index is 11.5. The Hall–Kier alpha value is -1.16. The highest BCUT2D eigenvalue weighted by Crippen LogP contribution is 2.30. The third kappa shape index (κ3) is 4.30. The molecule has 92 valence electrons. The van der Waals surface area contributed by atoms with Crippen LogP contribution in [0.2, 0.25) is 5.02 Å². The highest BCUT2D eigenvalue weighted by Gasteiger charge is 2.17. The van der Waals surface area contributed by atoms with Crippen molar-refractivity contribution in [3.05, 3.63) is 29.3 Å². The van der Waals surface area contributed by atoms with Crippen LogP contribution in [0.3, 0.4) is 0 Å². The van der Waals surface area contributed by atoms with Gasteiger partial charge in [0.05, 0.1) is 12.1 Å². The number of methoxy groups -OCH3 is 1. The van der Waals surface area contributed by atoms with Crippen LogP contribution in [0, 0.1) is 0 Å². The molecular weight excluding hydrogens is 265 g/mol. The first-order valence-corrected chi connectivity index (χ1v) is 6.23. The third-order valence-electron chi connectivity index (χ3n) is 1.82. The molecule has 7 heteroatoms. The van der Waals surface area contributed by atoms with Gasteiger partial charge in [-0.3, -0.25) is 4.52 Å². The van der Waals surface area contributed by atoms with Crippen LogP contribution in [0.4, 0.5) is 0 Å². The second-order valence-electron chi connectivity index (χ2n) is 3.07. The lowest BCUT2D eigenvalue weighted by molar-refractivity contribution is -0.169. The molecule has 17 heavy (non-hydrogen) atoms. The molecule has 2 unspecified atom stereocenters. The molecule has 0 heterocycles. The standard InChI is InChI=1S/C10H11ClNO4P/c1-7(10(13)15-2)12-17(14)16-9-6-4-3-5-8(9)11/h3-7H,1-2H3. The van der Waals surface area contributed by atoms with Gasteiger partial charge in [0.2, 0.25) is 5.75 Å². The van der Waals surface area contributed by atoms with Crippen molar-refractivity contribution in [2.45, 2.75) is 13.0 Å². The Kier molecular flexibility index (Phi) is 5.35. The van der Waals surface area contributed by atoms with Crippen LogP contribution in [0.5, 0.6) is 5.75 Å². The zero-order valence-electron chi connectivity index (χ0n) is 9.29. The molecule has 0 saturated heterocycles. The molecule has 0 aromatic heterocycles. The van der Waals surface area contributed by atoms with Gasteiger partial charge in [-0.1, -0.05) is 28.5 Å². The number of benzene rings is 1. The van der Waals surface area contributed by atoms with E-state index in [-0.39, 0.29) is 5.75 Å². The van der Waals surface area contributed by atoms with Crippen molar-refractivity contribution in [3.63, 3.8) is 0 Å². The number of esters is 1. The molecule has 1 aromatic rings. The number of para-hydroxylation sites is 1. The van der Waals surface area contributed by atoms with Gasteiger partial charge in [0.25, 0.3) is 0 Å². The van der Waals surface area contributed by atoms with Crippen LogP contribution < -0.4 is 9.42 Å². The van der Waals surface area contributed by atoms with Gasteiger partial charge in [-0.15, -0.1) is 0 Å². The summed E-state index contributed by atoms with van der Waals surface area (Å²) < 4.78 is 13.1. The van der Waals surface area contributed by atoms with Gasteiger partial charge in [-0.05, 0) is 19.1 Å².